The molecule has 8 heteroatoms. The Morgan fingerprint density at radius 3 is 2.71 bits per heavy atom. The van der Waals surface area contributed by atoms with Crippen LogP contribution >= 0.6 is 11.8 Å². The second-order valence-electron chi connectivity index (χ2n) is 7.32. The maximum atomic E-state index is 5.12. The molecule has 0 aromatic carbocycles. The highest BCUT2D eigenvalue weighted by molar-refractivity contribution is 8.14. The number of fused-ring (bicyclic) bond motifs is 1. The van der Waals surface area contributed by atoms with Crippen LogP contribution in [0.3, 0.4) is 0 Å². The fourth-order valence-corrected chi connectivity index (χ4v) is 5.76. The second-order valence-corrected chi connectivity index (χ2v) is 8.30. The SMILES string of the molecule is CC[C@@H]1CSC2=N[C@@H](c3ccccn3)[C@H](c3cc(C)n(-n4cnnc4)c3C)N21. The van der Waals surface area contributed by atoms with Gasteiger partial charge in [0.2, 0.25) is 0 Å². The zero-order valence-corrected chi connectivity index (χ0v) is 17.0. The Kier molecular flexibility index (Phi) is 4.23. The van der Waals surface area contributed by atoms with Crippen LogP contribution in [0.4, 0.5) is 0 Å². The van der Waals surface area contributed by atoms with E-state index in [1.165, 1.54) is 11.3 Å². The van der Waals surface area contributed by atoms with Crippen LogP contribution in [0.5, 0.6) is 0 Å². The summed E-state index contributed by atoms with van der Waals surface area (Å²) in [6, 6.07) is 9.05. The van der Waals surface area contributed by atoms with Crippen molar-refractivity contribution in [3.8, 4) is 0 Å². The predicted octanol–water partition coefficient (Wildman–Crippen LogP) is 3.38. The van der Waals surface area contributed by atoms with Crippen LogP contribution in [0, 0.1) is 13.8 Å². The maximum absolute atomic E-state index is 5.12. The van der Waals surface area contributed by atoms with Gasteiger partial charge in [-0.15, -0.1) is 10.2 Å². The number of nitrogens with zero attached hydrogens (tertiary/aromatic N) is 7. The zero-order valence-electron chi connectivity index (χ0n) is 16.2. The fourth-order valence-electron chi connectivity index (χ4n) is 4.42. The number of aromatic nitrogens is 5. The lowest BCUT2D eigenvalue weighted by molar-refractivity contribution is 0.254. The van der Waals surface area contributed by atoms with Crippen LogP contribution in [0.1, 0.15) is 48.1 Å². The first-order chi connectivity index (χ1) is 13.7. The largest absolute Gasteiger partial charge is 0.338 e. The number of aryl methyl sites for hydroxylation is 1. The van der Waals surface area contributed by atoms with Gasteiger partial charge in [0.25, 0.3) is 0 Å². The molecule has 0 saturated carbocycles. The number of aliphatic imine (C=N–C) groups is 1. The quantitative estimate of drug-likeness (QED) is 0.680. The first kappa shape index (κ1) is 17.5. The summed E-state index contributed by atoms with van der Waals surface area (Å²) in [6.45, 7) is 6.55. The van der Waals surface area contributed by atoms with E-state index in [2.05, 4.69) is 57.7 Å². The predicted molar refractivity (Wildman–Crippen MR) is 110 cm³/mol. The van der Waals surface area contributed by atoms with Gasteiger partial charge in [-0.3, -0.25) is 14.7 Å². The minimum absolute atomic E-state index is 0.00733. The molecule has 0 unspecified atom stereocenters. The van der Waals surface area contributed by atoms with E-state index < -0.39 is 0 Å². The van der Waals surface area contributed by atoms with Crippen molar-refractivity contribution in [2.45, 2.75) is 45.3 Å². The highest BCUT2D eigenvalue weighted by Gasteiger charge is 2.46. The summed E-state index contributed by atoms with van der Waals surface area (Å²) >= 11 is 1.87. The number of hydrogen-bond donors (Lipinski definition) is 0. The van der Waals surface area contributed by atoms with Gasteiger partial charge in [-0.1, -0.05) is 24.8 Å². The summed E-state index contributed by atoms with van der Waals surface area (Å²) in [7, 11) is 0. The summed E-state index contributed by atoms with van der Waals surface area (Å²) in [5.41, 5.74) is 4.66. The number of pyridine rings is 1. The Hall–Kier alpha value is -2.61. The monoisotopic (exact) mass is 393 g/mol. The molecule has 3 atom stereocenters. The molecule has 0 bridgehead atoms. The smallest absolute Gasteiger partial charge is 0.160 e. The molecule has 3 aromatic heterocycles. The molecule has 0 N–H and O–H groups in total. The first-order valence-electron chi connectivity index (χ1n) is 9.63. The van der Waals surface area contributed by atoms with Crippen molar-refractivity contribution in [1.82, 2.24) is 29.4 Å². The lowest BCUT2D eigenvalue weighted by Crippen LogP contribution is -2.35. The van der Waals surface area contributed by atoms with Gasteiger partial charge in [0.05, 0.1) is 11.7 Å². The van der Waals surface area contributed by atoms with Gasteiger partial charge in [-0.25, -0.2) is 4.68 Å². The minimum atomic E-state index is 0.00733. The van der Waals surface area contributed by atoms with Gasteiger partial charge in [0.1, 0.15) is 18.7 Å². The van der Waals surface area contributed by atoms with E-state index in [1.54, 1.807) is 12.7 Å². The van der Waals surface area contributed by atoms with Crippen molar-refractivity contribution < 1.29 is 0 Å². The molecule has 28 heavy (non-hydrogen) atoms. The molecule has 0 radical (unpaired) electrons. The summed E-state index contributed by atoms with van der Waals surface area (Å²) < 4.78 is 4.09. The molecule has 144 valence electrons. The van der Waals surface area contributed by atoms with Crippen molar-refractivity contribution in [3.63, 3.8) is 0 Å². The standard InChI is InChI=1S/C20H23N7S/c1-4-15-10-28-20-24-18(17-7-5-6-8-21-17)19(26(15)20)16-9-13(2)27(14(16)3)25-11-22-23-12-25/h5-9,11-12,15,18-19H,4,10H2,1-3H3/t15-,18+,19+/m1/s1. The van der Waals surface area contributed by atoms with E-state index in [-0.39, 0.29) is 12.1 Å². The molecule has 1 fully saturated rings. The molecule has 0 spiro atoms. The molecule has 5 heterocycles. The summed E-state index contributed by atoms with van der Waals surface area (Å²) in [5.74, 6) is 1.10. The third-order valence-electron chi connectivity index (χ3n) is 5.72. The summed E-state index contributed by atoms with van der Waals surface area (Å²) in [4.78, 5) is 12.3. The molecular formula is C20H23N7S. The van der Waals surface area contributed by atoms with Crippen LogP contribution in [-0.2, 0) is 0 Å². The van der Waals surface area contributed by atoms with E-state index in [0.717, 1.165) is 28.7 Å². The molecule has 3 aromatic rings. The van der Waals surface area contributed by atoms with Crippen LogP contribution in [-0.4, -0.2) is 46.4 Å². The highest BCUT2D eigenvalue weighted by Crippen LogP contribution is 2.49. The van der Waals surface area contributed by atoms with Gasteiger partial charge < -0.3 is 4.90 Å². The third-order valence-corrected chi connectivity index (χ3v) is 6.85. The van der Waals surface area contributed by atoms with Gasteiger partial charge in [0, 0.05) is 34.9 Å². The van der Waals surface area contributed by atoms with Gasteiger partial charge in [-0.05, 0) is 38.5 Å². The van der Waals surface area contributed by atoms with Crippen LogP contribution < -0.4 is 0 Å². The molecule has 5 rings (SSSR count). The molecule has 0 amide bonds. The maximum Gasteiger partial charge on any atom is 0.160 e. The van der Waals surface area contributed by atoms with Crippen molar-refractivity contribution in [3.05, 3.63) is 65.8 Å². The number of rotatable bonds is 4. The molecule has 0 aliphatic carbocycles. The topological polar surface area (TPSA) is 64.1 Å². The third kappa shape index (κ3) is 2.58. The van der Waals surface area contributed by atoms with Crippen molar-refractivity contribution >= 4 is 16.9 Å². The molecule has 2 aliphatic heterocycles. The van der Waals surface area contributed by atoms with E-state index in [0.29, 0.717) is 6.04 Å². The highest BCUT2D eigenvalue weighted by atomic mass is 32.2. The van der Waals surface area contributed by atoms with Crippen molar-refractivity contribution in [1.29, 1.82) is 0 Å². The Morgan fingerprint density at radius 2 is 2.00 bits per heavy atom. The van der Waals surface area contributed by atoms with Crippen molar-refractivity contribution in [2.75, 3.05) is 5.75 Å². The average molecular weight is 394 g/mol. The number of hydrogen-bond acceptors (Lipinski definition) is 6. The molecule has 7 nitrogen and oxygen atoms in total. The van der Waals surface area contributed by atoms with Crippen LogP contribution in [0.25, 0.3) is 0 Å². The minimum Gasteiger partial charge on any atom is -0.338 e. The fraction of sp³-hybridized carbons (Fsp3) is 0.400. The lowest BCUT2D eigenvalue weighted by atomic mass is 9.95. The Balaban J connectivity index is 1.65. The number of amidine groups is 1. The van der Waals surface area contributed by atoms with E-state index in [4.69, 9.17) is 4.99 Å². The second kappa shape index (κ2) is 6.77. The van der Waals surface area contributed by atoms with Gasteiger partial charge >= 0.3 is 0 Å². The summed E-state index contributed by atoms with van der Waals surface area (Å²) in [6.07, 6.45) is 6.44. The average Bonchev–Trinajstić information content (AvgIpc) is 3.47. The Labute approximate surface area is 168 Å². The Bertz CT molecular complexity index is 1010. The van der Waals surface area contributed by atoms with Crippen molar-refractivity contribution in [2.24, 2.45) is 4.99 Å². The van der Waals surface area contributed by atoms with E-state index in [1.807, 2.05) is 34.8 Å². The van der Waals surface area contributed by atoms with Crippen LogP contribution in [0.15, 0.2) is 48.1 Å². The Morgan fingerprint density at radius 1 is 1.18 bits per heavy atom. The summed E-state index contributed by atoms with van der Waals surface area (Å²) in [5, 5.41) is 9.10. The van der Waals surface area contributed by atoms with Crippen LogP contribution in [0.2, 0.25) is 0 Å². The van der Waals surface area contributed by atoms with E-state index >= 15 is 0 Å². The molecule has 2 aliphatic rings. The lowest BCUT2D eigenvalue weighted by Gasteiger charge is -2.31. The normalized spacial score (nSPS) is 23.9. The first-order valence-corrected chi connectivity index (χ1v) is 10.6. The van der Waals surface area contributed by atoms with E-state index in [9.17, 15) is 0 Å². The number of thioether (sulfide) groups is 1. The molecular weight excluding hydrogens is 370 g/mol. The molecule has 1 saturated heterocycles. The van der Waals surface area contributed by atoms with Gasteiger partial charge in [0.15, 0.2) is 5.17 Å². The zero-order chi connectivity index (χ0) is 19.3. The van der Waals surface area contributed by atoms with Gasteiger partial charge in [-0.2, -0.15) is 0 Å².